The number of morpholine rings is 1. The van der Waals surface area contributed by atoms with Crippen molar-refractivity contribution in [3.05, 3.63) is 46.4 Å². The van der Waals surface area contributed by atoms with E-state index in [4.69, 9.17) is 4.74 Å². The van der Waals surface area contributed by atoms with E-state index in [1.165, 1.54) is 5.69 Å². The van der Waals surface area contributed by atoms with E-state index in [1.54, 1.807) is 11.3 Å². The van der Waals surface area contributed by atoms with Crippen LogP contribution in [-0.2, 0) is 18.3 Å². The van der Waals surface area contributed by atoms with Gasteiger partial charge in [-0.15, -0.1) is 0 Å². The third-order valence-corrected chi connectivity index (χ3v) is 6.19. The highest BCUT2D eigenvalue weighted by molar-refractivity contribution is 7.08. The fraction of sp³-hybridized carbons (Fsp3) is 0.526. The van der Waals surface area contributed by atoms with Gasteiger partial charge in [0.05, 0.1) is 24.3 Å². The van der Waals surface area contributed by atoms with Crippen LogP contribution in [0.3, 0.4) is 0 Å². The zero-order valence-electron chi connectivity index (χ0n) is 14.7. The number of amides is 1. The van der Waals surface area contributed by atoms with Crippen molar-refractivity contribution < 1.29 is 9.53 Å². The standard InChI is InChI=1S/C19H25N3O2S/c1-20-7-2-3-17(20)13-21-8-5-19(6-9-21)15-22(10-11-24-19)18(23)16-4-12-25-14-16/h2-4,7,12,14H,5-6,8-11,13,15H2,1H3. The van der Waals surface area contributed by atoms with Crippen molar-refractivity contribution in [1.82, 2.24) is 14.4 Å². The number of hydrogen-bond acceptors (Lipinski definition) is 4. The van der Waals surface area contributed by atoms with E-state index < -0.39 is 0 Å². The van der Waals surface area contributed by atoms with Crippen LogP contribution < -0.4 is 0 Å². The summed E-state index contributed by atoms with van der Waals surface area (Å²) >= 11 is 1.57. The molecule has 0 N–H and O–H groups in total. The molecule has 5 nitrogen and oxygen atoms in total. The van der Waals surface area contributed by atoms with Crippen LogP contribution in [-0.4, -0.2) is 58.7 Å². The summed E-state index contributed by atoms with van der Waals surface area (Å²) in [5.74, 6) is 0.148. The normalized spacial score (nSPS) is 20.9. The average molecular weight is 359 g/mol. The molecule has 1 amide bonds. The Kier molecular flexibility index (Phi) is 4.67. The van der Waals surface area contributed by atoms with Crippen molar-refractivity contribution in [2.24, 2.45) is 7.05 Å². The van der Waals surface area contributed by atoms with Gasteiger partial charge >= 0.3 is 0 Å². The van der Waals surface area contributed by atoms with Crippen molar-refractivity contribution in [1.29, 1.82) is 0 Å². The second-order valence-corrected chi connectivity index (χ2v) is 7.94. The van der Waals surface area contributed by atoms with Crippen molar-refractivity contribution in [3.63, 3.8) is 0 Å². The van der Waals surface area contributed by atoms with Crippen LogP contribution in [0.25, 0.3) is 0 Å². The predicted molar refractivity (Wildman–Crippen MR) is 98.8 cm³/mol. The summed E-state index contributed by atoms with van der Waals surface area (Å²) in [7, 11) is 2.10. The molecule has 0 atom stereocenters. The number of carbonyl (C=O) groups excluding carboxylic acids is 1. The predicted octanol–water partition coefficient (Wildman–Crippen LogP) is 2.59. The lowest BCUT2D eigenvalue weighted by Gasteiger charge is -2.47. The lowest BCUT2D eigenvalue weighted by Crippen LogP contribution is -2.57. The number of thiophene rings is 1. The van der Waals surface area contributed by atoms with Gasteiger partial charge in [0.1, 0.15) is 0 Å². The minimum absolute atomic E-state index is 0.148. The lowest BCUT2D eigenvalue weighted by atomic mass is 9.89. The van der Waals surface area contributed by atoms with E-state index in [1.807, 2.05) is 21.7 Å². The molecule has 2 aliphatic heterocycles. The Morgan fingerprint density at radius 1 is 1.28 bits per heavy atom. The topological polar surface area (TPSA) is 37.7 Å². The Hall–Kier alpha value is -1.63. The van der Waals surface area contributed by atoms with Crippen LogP contribution in [0.2, 0.25) is 0 Å². The van der Waals surface area contributed by atoms with Gasteiger partial charge in [-0.25, -0.2) is 0 Å². The summed E-state index contributed by atoms with van der Waals surface area (Å²) < 4.78 is 8.37. The Balaban J connectivity index is 1.37. The van der Waals surface area contributed by atoms with Gasteiger partial charge in [-0.05, 0) is 36.4 Å². The Labute approximate surface area is 152 Å². The van der Waals surface area contributed by atoms with E-state index in [-0.39, 0.29) is 11.5 Å². The molecule has 2 fully saturated rings. The monoisotopic (exact) mass is 359 g/mol. The van der Waals surface area contributed by atoms with Gasteiger partial charge in [-0.1, -0.05) is 0 Å². The molecule has 2 aromatic rings. The molecule has 134 valence electrons. The van der Waals surface area contributed by atoms with Crippen LogP contribution in [0.5, 0.6) is 0 Å². The van der Waals surface area contributed by atoms with E-state index in [0.29, 0.717) is 13.2 Å². The van der Waals surface area contributed by atoms with Gasteiger partial charge in [-0.3, -0.25) is 9.69 Å². The van der Waals surface area contributed by atoms with Gasteiger partial charge in [0.2, 0.25) is 0 Å². The minimum atomic E-state index is -0.158. The highest BCUT2D eigenvalue weighted by Gasteiger charge is 2.41. The number of aryl methyl sites for hydroxylation is 1. The second-order valence-electron chi connectivity index (χ2n) is 7.16. The second kappa shape index (κ2) is 6.94. The summed E-state index contributed by atoms with van der Waals surface area (Å²) in [6.45, 7) is 5.09. The number of carbonyl (C=O) groups is 1. The van der Waals surface area contributed by atoms with E-state index in [2.05, 4.69) is 34.8 Å². The molecule has 0 aromatic carbocycles. The van der Waals surface area contributed by atoms with Gasteiger partial charge in [0.25, 0.3) is 5.91 Å². The molecule has 0 aliphatic carbocycles. The maximum Gasteiger partial charge on any atom is 0.254 e. The first-order valence-electron chi connectivity index (χ1n) is 8.93. The summed E-state index contributed by atoms with van der Waals surface area (Å²) in [6.07, 6.45) is 4.08. The van der Waals surface area contributed by atoms with Gasteiger partial charge < -0.3 is 14.2 Å². The zero-order chi connectivity index (χ0) is 17.3. The third-order valence-electron chi connectivity index (χ3n) is 5.51. The van der Waals surface area contributed by atoms with Gasteiger partial charge in [-0.2, -0.15) is 11.3 Å². The van der Waals surface area contributed by atoms with Gasteiger partial charge in [0, 0.05) is 50.5 Å². The number of hydrogen-bond donors (Lipinski definition) is 0. The first-order chi connectivity index (χ1) is 12.2. The molecular formula is C19H25N3O2S. The van der Waals surface area contributed by atoms with E-state index in [0.717, 1.165) is 44.6 Å². The lowest BCUT2D eigenvalue weighted by molar-refractivity contribution is -0.128. The SMILES string of the molecule is Cn1cccc1CN1CCC2(CC1)CN(C(=O)c1ccsc1)CCO2. The summed E-state index contributed by atoms with van der Waals surface area (Å²) in [4.78, 5) is 17.1. The largest absolute Gasteiger partial charge is 0.371 e. The fourth-order valence-electron chi connectivity index (χ4n) is 3.90. The first-order valence-corrected chi connectivity index (χ1v) is 9.88. The van der Waals surface area contributed by atoms with Crippen LogP contribution in [0.1, 0.15) is 28.9 Å². The number of piperidine rings is 1. The average Bonchev–Trinajstić information content (AvgIpc) is 3.29. The van der Waals surface area contributed by atoms with Crippen molar-refractivity contribution in [2.45, 2.75) is 25.0 Å². The fourth-order valence-corrected chi connectivity index (χ4v) is 4.53. The van der Waals surface area contributed by atoms with Crippen LogP contribution in [0.15, 0.2) is 35.2 Å². The first kappa shape index (κ1) is 16.8. The Bertz CT molecular complexity index is 717. The molecule has 1 spiro atoms. The molecule has 25 heavy (non-hydrogen) atoms. The Morgan fingerprint density at radius 3 is 2.80 bits per heavy atom. The van der Waals surface area contributed by atoms with Crippen LogP contribution >= 0.6 is 11.3 Å². The third kappa shape index (κ3) is 3.52. The number of likely N-dealkylation sites (tertiary alicyclic amines) is 1. The molecule has 0 unspecified atom stereocenters. The maximum absolute atomic E-state index is 12.7. The summed E-state index contributed by atoms with van der Waals surface area (Å²) in [6, 6.07) is 6.19. The molecule has 0 saturated carbocycles. The summed E-state index contributed by atoms with van der Waals surface area (Å²) in [5, 5.41) is 3.90. The number of aromatic nitrogens is 1. The molecule has 0 bridgehead atoms. The minimum Gasteiger partial charge on any atom is -0.371 e. The van der Waals surface area contributed by atoms with Crippen molar-refractivity contribution >= 4 is 17.2 Å². The van der Waals surface area contributed by atoms with Crippen molar-refractivity contribution in [3.8, 4) is 0 Å². The molecule has 6 heteroatoms. The molecule has 4 heterocycles. The van der Waals surface area contributed by atoms with E-state index in [9.17, 15) is 4.79 Å². The highest BCUT2D eigenvalue weighted by atomic mass is 32.1. The molecule has 2 aromatic heterocycles. The molecular weight excluding hydrogens is 334 g/mol. The van der Waals surface area contributed by atoms with Crippen LogP contribution in [0, 0.1) is 0 Å². The number of nitrogens with zero attached hydrogens (tertiary/aromatic N) is 3. The zero-order valence-corrected chi connectivity index (χ0v) is 15.5. The number of ether oxygens (including phenoxy) is 1. The molecule has 2 aliphatic rings. The maximum atomic E-state index is 12.7. The van der Waals surface area contributed by atoms with E-state index >= 15 is 0 Å². The quantitative estimate of drug-likeness (QED) is 0.845. The van der Waals surface area contributed by atoms with Gasteiger partial charge in [0.15, 0.2) is 0 Å². The van der Waals surface area contributed by atoms with Crippen LogP contribution in [0.4, 0.5) is 0 Å². The molecule has 4 rings (SSSR count). The highest BCUT2D eigenvalue weighted by Crippen LogP contribution is 2.31. The van der Waals surface area contributed by atoms with Crippen molar-refractivity contribution in [2.75, 3.05) is 32.8 Å². The smallest absolute Gasteiger partial charge is 0.254 e. The molecule has 0 radical (unpaired) electrons. The molecule has 2 saturated heterocycles. The Morgan fingerprint density at radius 2 is 2.12 bits per heavy atom. The summed E-state index contributed by atoms with van der Waals surface area (Å²) in [5.41, 5.74) is 1.99. The number of rotatable bonds is 3.